The summed E-state index contributed by atoms with van der Waals surface area (Å²) in [6, 6.07) is -0.269. The number of carbonyl (C=O) groups is 1. The molecule has 94 valence electrons. The maximum absolute atomic E-state index is 11.8. The number of aliphatic hydroxyl groups is 1. The number of rotatable bonds is 6. The standard InChI is InChI=1S/C12H23NO3/c1-2-11(13-8-9-14)12(15)16-10-6-4-3-5-7-10/h10-11,13-14H,2-9H2,1H3. The van der Waals surface area contributed by atoms with Gasteiger partial charge in [-0.15, -0.1) is 0 Å². The van der Waals surface area contributed by atoms with Crippen molar-refractivity contribution in [3.05, 3.63) is 0 Å². The highest BCUT2D eigenvalue weighted by Gasteiger charge is 2.22. The Hall–Kier alpha value is -0.610. The molecule has 0 aromatic rings. The van der Waals surface area contributed by atoms with Gasteiger partial charge in [0.1, 0.15) is 12.1 Å². The molecule has 0 saturated heterocycles. The largest absolute Gasteiger partial charge is 0.461 e. The summed E-state index contributed by atoms with van der Waals surface area (Å²) in [5.41, 5.74) is 0. The van der Waals surface area contributed by atoms with Crippen LogP contribution in [-0.4, -0.2) is 36.4 Å². The molecule has 4 heteroatoms. The third kappa shape index (κ3) is 4.49. The van der Waals surface area contributed by atoms with Crippen molar-refractivity contribution in [3.8, 4) is 0 Å². The molecule has 1 aliphatic carbocycles. The molecule has 1 unspecified atom stereocenters. The van der Waals surface area contributed by atoms with E-state index in [9.17, 15) is 4.79 Å². The topological polar surface area (TPSA) is 58.6 Å². The fourth-order valence-electron chi connectivity index (χ4n) is 2.06. The molecular weight excluding hydrogens is 206 g/mol. The van der Waals surface area contributed by atoms with Gasteiger partial charge in [0.2, 0.25) is 0 Å². The molecule has 0 aliphatic heterocycles. The van der Waals surface area contributed by atoms with Crippen molar-refractivity contribution < 1.29 is 14.6 Å². The predicted octanol–water partition coefficient (Wildman–Crippen LogP) is 1.22. The van der Waals surface area contributed by atoms with Gasteiger partial charge in [0, 0.05) is 6.54 Å². The van der Waals surface area contributed by atoms with Crippen molar-refractivity contribution in [1.82, 2.24) is 5.32 Å². The van der Waals surface area contributed by atoms with E-state index in [1.54, 1.807) is 0 Å². The first-order valence-corrected chi connectivity index (χ1v) is 6.32. The van der Waals surface area contributed by atoms with Gasteiger partial charge in [-0.05, 0) is 32.1 Å². The van der Waals surface area contributed by atoms with E-state index < -0.39 is 0 Å². The van der Waals surface area contributed by atoms with Gasteiger partial charge in [0.05, 0.1) is 6.61 Å². The van der Waals surface area contributed by atoms with Crippen molar-refractivity contribution in [2.75, 3.05) is 13.2 Å². The summed E-state index contributed by atoms with van der Waals surface area (Å²) in [7, 11) is 0. The maximum Gasteiger partial charge on any atom is 0.323 e. The van der Waals surface area contributed by atoms with Gasteiger partial charge in [-0.3, -0.25) is 4.79 Å². The monoisotopic (exact) mass is 229 g/mol. The highest BCUT2D eigenvalue weighted by Crippen LogP contribution is 2.20. The summed E-state index contributed by atoms with van der Waals surface area (Å²) in [5, 5.41) is 11.7. The van der Waals surface area contributed by atoms with Gasteiger partial charge in [0.15, 0.2) is 0 Å². The van der Waals surface area contributed by atoms with Crippen LogP contribution in [0, 0.1) is 0 Å². The van der Waals surface area contributed by atoms with Crippen LogP contribution >= 0.6 is 0 Å². The van der Waals surface area contributed by atoms with E-state index in [1.165, 1.54) is 19.3 Å². The zero-order valence-corrected chi connectivity index (χ0v) is 10.1. The van der Waals surface area contributed by atoms with Crippen molar-refractivity contribution >= 4 is 5.97 Å². The molecule has 0 aromatic carbocycles. The zero-order chi connectivity index (χ0) is 11.8. The van der Waals surface area contributed by atoms with Crippen molar-refractivity contribution in [3.63, 3.8) is 0 Å². The molecule has 1 rings (SSSR count). The summed E-state index contributed by atoms with van der Waals surface area (Å²) >= 11 is 0. The van der Waals surface area contributed by atoms with E-state index in [1.807, 2.05) is 6.92 Å². The SMILES string of the molecule is CCC(NCCO)C(=O)OC1CCCCC1. The highest BCUT2D eigenvalue weighted by atomic mass is 16.5. The Balaban J connectivity index is 2.29. The Kier molecular flexibility index (Phi) is 6.42. The minimum Gasteiger partial charge on any atom is -0.461 e. The lowest BCUT2D eigenvalue weighted by Crippen LogP contribution is -2.40. The van der Waals surface area contributed by atoms with E-state index in [-0.39, 0.29) is 24.7 Å². The Morgan fingerprint density at radius 2 is 2.12 bits per heavy atom. The molecule has 4 nitrogen and oxygen atoms in total. The number of ether oxygens (including phenoxy) is 1. The Labute approximate surface area is 97.4 Å². The van der Waals surface area contributed by atoms with Gasteiger partial charge < -0.3 is 15.2 Å². The maximum atomic E-state index is 11.8. The molecule has 1 atom stereocenters. The summed E-state index contributed by atoms with van der Waals surface area (Å²) < 4.78 is 5.46. The Morgan fingerprint density at radius 1 is 1.44 bits per heavy atom. The van der Waals surface area contributed by atoms with Gasteiger partial charge in [0.25, 0.3) is 0 Å². The van der Waals surface area contributed by atoms with Crippen LogP contribution in [-0.2, 0) is 9.53 Å². The molecule has 0 amide bonds. The quantitative estimate of drug-likeness (QED) is 0.672. The minimum atomic E-state index is -0.269. The predicted molar refractivity (Wildman–Crippen MR) is 62.1 cm³/mol. The molecule has 0 radical (unpaired) electrons. The highest BCUT2D eigenvalue weighted by molar-refractivity contribution is 5.75. The van der Waals surface area contributed by atoms with E-state index >= 15 is 0 Å². The average molecular weight is 229 g/mol. The number of nitrogens with one attached hydrogen (secondary N) is 1. The lowest BCUT2D eigenvalue weighted by Gasteiger charge is -2.24. The van der Waals surface area contributed by atoms with Crippen molar-refractivity contribution in [1.29, 1.82) is 0 Å². The van der Waals surface area contributed by atoms with Crippen LogP contribution in [0.2, 0.25) is 0 Å². The first kappa shape index (κ1) is 13.5. The third-order valence-electron chi connectivity index (χ3n) is 3.03. The van der Waals surface area contributed by atoms with E-state index in [4.69, 9.17) is 9.84 Å². The minimum absolute atomic E-state index is 0.0488. The van der Waals surface area contributed by atoms with Crippen molar-refractivity contribution in [2.45, 2.75) is 57.6 Å². The number of carbonyl (C=O) groups excluding carboxylic acids is 1. The zero-order valence-electron chi connectivity index (χ0n) is 10.1. The van der Waals surface area contributed by atoms with Crippen LogP contribution < -0.4 is 5.32 Å². The summed E-state index contributed by atoms with van der Waals surface area (Å²) in [6.07, 6.45) is 6.41. The molecule has 0 bridgehead atoms. The lowest BCUT2D eigenvalue weighted by molar-refractivity contribution is -0.153. The van der Waals surface area contributed by atoms with Crippen LogP contribution in [0.25, 0.3) is 0 Å². The number of hydrogen-bond acceptors (Lipinski definition) is 4. The molecule has 16 heavy (non-hydrogen) atoms. The van der Waals surface area contributed by atoms with Crippen LogP contribution in [0.4, 0.5) is 0 Å². The van der Waals surface area contributed by atoms with E-state index in [2.05, 4.69) is 5.32 Å². The van der Waals surface area contributed by atoms with E-state index in [0.29, 0.717) is 13.0 Å². The molecule has 0 aromatic heterocycles. The Morgan fingerprint density at radius 3 is 2.69 bits per heavy atom. The van der Waals surface area contributed by atoms with Gasteiger partial charge >= 0.3 is 5.97 Å². The fraction of sp³-hybridized carbons (Fsp3) is 0.917. The van der Waals surface area contributed by atoms with Crippen LogP contribution in [0.5, 0.6) is 0 Å². The summed E-state index contributed by atoms with van der Waals surface area (Å²) in [4.78, 5) is 11.8. The number of aliphatic hydroxyl groups excluding tert-OH is 1. The second-order valence-corrected chi connectivity index (χ2v) is 4.34. The molecule has 1 saturated carbocycles. The van der Waals surface area contributed by atoms with Gasteiger partial charge in [-0.2, -0.15) is 0 Å². The first-order chi connectivity index (χ1) is 7.77. The lowest BCUT2D eigenvalue weighted by atomic mass is 9.98. The molecule has 0 heterocycles. The van der Waals surface area contributed by atoms with Crippen LogP contribution in [0.1, 0.15) is 45.4 Å². The van der Waals surface area contributed by atoms with Crippen LogP contribution in [0.3, 0.4) is 0 Å². The number of hydrogen-bond donors (Lipinski definition) is 2. The molecule has 1 aliphatic rings. The molecule has 0 spiro atoms. The fourth-order valence-corrected chi connectivity index (χ4v) is 2.06. The molecule has 1 fully saturated rings. The number of esters is 1. The normalized spacial score (nSPS) is 19.4. The average Bonchev–Trinajstić information content (AvgIpc) is 2.31. The summed E-state index contributed by atoms with van der Waals surface area (Å²) in [5.74, 6) is -0.164. The Bertz CT molecular complexity index is 202. The van der Waals surface area contributed by atoms with E-state index in [0.717, 1.165) is 12.8 Å². The van der Waals surface area contributed by atoms with Crippen LogP contribution in [0.15, 0.2) is 0 Å². The first-order valence-electron chi connectivity index (χ1n) is 6.32. The second kappa shape index (κ2) is 7.63. The van der Waals surface area contributed by atoms with Crippen molar-refractivity contribution in [2.24, 2.45) is 0 Å². The smallest absolute Gasteiger partial charge is 0.323 e. The van der Waals surface area contributed by atoms with Gasteiger partial charge in [-0.1, -0.05) is 13.3 Å². The molecular formula is C12H23NO3. The summed E-state index contributed by atoms with van der Waals surface area (Å²) in [6.45, 7) is 2.43. The molecule has 2 N–H and O–H groups in total. The second-order valence-electron chi connectivity index (χ2n) is 4.34. The third-order valence-corrected chi connectivity index (χ3v) is 3.03. The van der Waals surface area contributed by atoms with Gasteiger partial charge in [-0.25, -0.2) is 0 Å².